The van der Waals surface area contributed by atoms with Gasteiger partial charge in [0.2, 0.25) is 21.6 Å². The molecule has 1 aliphatic rings. The van der Waals surface area contributed by atoms with Gasteiger partial charge >= 0.3 is 11.2 Å². The number of carbonyl (C=O) groups excluding carboxylic acids is 2. The number of hydrogen-bond acceptors (Lipinski definition) is 11. The standard InChI is InChI=1S/C24H27N3O8S2/c1-5-34-23(29)20-17-7-6-13(2)8-18(17)36-22(20)25-19(28)12-37(30,31)24-27-26-21(35-24)14-9-15(32-3)11-16(10-14)33-4/h9-11,13H,5-8,12H2,1-4H3,(H,25,28). The fraction of sp³-hybridized carbons (Fsp3) is 0.417. The summed E-state index contributed by atoms with van der Waals surface area (Å²) in [6.07, 6.45) is 2.38. The van der Waals surface area contributed by atoms with Crippen molar-refractivity contribution in [3.63, 3.8) is 0 Å². The Hall–Kier alpha value is -3.45. The van der Waals surface area contributed by atoms with Gasteiger partial charge in [-0.25, -0.2) is 13.2 Å². The number of aromatic nitrogens is 2. The van der Waals surface area contributed by atoms with Crippen LogP contribution in [0.25, 0.3) is 11.5 Å². The maximum Gasteiger partial charge on any atom is 0.341 e. The number of carbonyl (C=O) groups is 2. The molecule has 13 heteroatoms. The van der Waals surface area contributed by atoms with Crippen LogP contribution >= 0.6 is 11.3 Å². The number of methoxy groups -OCH3 is 2. The average Bonchev–Trinajstić information content (AvgIpc) is 3.49. The van der Waals surface area contributed by atoms with Crippen LogP contribution in [0.2, 0.25) is 0 Å². The second kappa shape index (κ2) is 10.9. The van der Waals surface area contributed by atoms with Crippen LogP contribution in [0.15, 0.2) is 27.8 Å². The van der Waals surface area contributed by atoms with Gasteiger partial charge in [-0.1, -0.05) is 12.0 Å². The van der Waals surface area contributed by atoms with E-state index in [-0.39, 0.29) is 17.5 Å². The summed E-state index contributed by atoms with van der Waals surface area (Å²) in [5.41, 5.74) is 1.54. The molecular formula is C24H27N3O8S2. The molecule has 4 rings (SSSR count). The molecule has 0 saturated carbocycles. The molecule has 0 fully saturated rings. The van der Waals surface area contributed by atoms with Gasteiger partial charge < -0.3 is 23.9 Å². The van der Waals surface area contributed by atoms with Crippen molar-refractivity contribution in [2.45, 2.75) is 38.3 Å². The Balaban J connectivity index is 1.55. The van der Waals surface area contributed by atoms with Crippen LogP contribution in [-0.4, -0.2) is 57.1 Å². The Morgan fingerprint density at radius 3 is 2.51 bits per heavy atom. The summed E-state index contributed by atoms with van der Waals surface area (Å²) in [6.45, 7) is 4.00. The number of nitrogens with one attached hydrogen (secondary N) is 1. The van der Waals surface area contributed by atoms with E-state index in [0.29, 0.717) is 35.0 Å². The zero-order valence-corrected chi connectivity index (χ0v) is 22.5. The summed E-state index contributed by atoms with van der Waals surface area (Å²) in [5.74, 6) is -1.06. The fourth-order valence-corrected chi connectivity index (χ4v) is 6.37. The number of thiophene rings is 1. The van der Waals surface area contributed by atoms with Crippen LogP contribution in [0.4, 0.5) is 5.00 Å². The van der Waals surface area contributed by atoms with Gasteiger partial charge in [-0.3, -0.25) is 4.79 Å². The minimum absolute atomic E-state index is 0.0826. The maximum absolute atomic E-state index is 12.9. The first-order chi connectivity index (χ1) is 17.6. The topological polar surface area (TPSA) is 147 Å². The van der Waals surface area contributed by atoms with Crippen molar-refractivity contribution in [3.8, 4) is 23.0 Å². The van der Waals surface area contributed by atoms with Crippen LogP contribution < -0.4 is 14.8 Å². The molecule has 198 valence electrons. The van der Waals surface area contributed by atoms with Crippen LogP contribution in [0.5, 0.6) is 11.5 Å². The molecule has 1 unspecified atom stereocenters. The highest BCUT2D eigenvalue weighted by Crippen LogP contribution is 2.40. The molecule has 1 aromatic carbocycles. The first kappa shape index (κ1) is 26.6. The summed E-state index contributed by atoms with van der Waals surface area (Å²) in [5, 5.41) is 9.61. The zero-order valence-electron chi connectivity index (χ0n) is 20.8. The molecule has 3 aromatic rings. The van der Waals surface area contributed by atoms with Gasteiger partial charge in [0, 0.05) is 16.5 Å². The molecule has 1 N–H and O–H groups in total. The molecule has 0 aliphatic heterocycles. The van der Waals surface area contributed by atoms with Crippen molar-refractivity contribution in [1.82, 2.24) is 10.2 Å². The lowest BCUT2D eigenvalue weighted by Crippen LogP contribution is -2.24. The summed E-state index contributed by atoms with van der Waals surface area (Å²) < 4.78 is 46.8. The van der Waals surface area contributed by atoms with Crippen molar-refractivity contribution in [3.05, 3.63) is 34.2 Å². The number of ether oxygens (including phenoxy) is 3. The number of hydrogen-bond donors (Lipinski definition) is 1. The summed E-state index contributed by atoms with van der Waals surface area (Å²) >= 11 is 1.28. The number of amides is 1. The number of fused-ring (bicyclic) bond motifs is 1. The molecule has 1 atom stereocenters. The molecule has 0 bridgehead atoms. The molecule has 11 nitrogen and oxygen atoms in total. The molecule has 1 aliphatic carbocycles. The second-order valence-corrected chi connectivity index (χ2v) is 11.5. The van der Waals surface area contributed by atoms with Gasteiger partial charge in [0.15, 0.2) is 0 Å². The van der Waals surface area contributed by atoms with Gasteiger partial charge in [0.25, 0.3) is 0 Å². The molecule has 1 amide bonds. The van der Waals surface area contributed by atoms with Gasteiger partial charge in [0.05, 0.1) is 26.4 Å². The average molecular weight is 550 g/mol. The van der Waals surface area contributed by atoms with Gasteiger partial charge in [-0.2, -0.15) is 0 Å². The third-order valence-corrected chi connectivity index (χ3v) is 8.35. The van der Waals surface area contributed by atoms with Crippen molar-refractivity contribution in [1.29, 1.82) is 0 Å². The van der Waals surface area contributed by atoms with Crippen molar-refractivity contribution in [2.75, 3.05) is 31.9 Å². The first-order valence-electron chi connectivity index (χ1n) is 11.6. The normalized spacial score (nSPS) is 15.1. The number of sulfone groups is 1. The van der Waals surface area contributed by atoms with E-state index < -0.39 is 32.7 Å². The Morgan fingerprint density at radius 1 is 1.16 bits per heavy atom. The van der Waals surface area contributed by atoms with Crippen LogP contribution in [-0.2, 0) is 32.2 Å². The van der Waals surface area contributed by atoms with Gasteiger partial charge in [-0.15, -0.1) is 16.4 Å². The molecular weight excluding hydrogens is 522 g/mol. The van der Waals surface area contributed by atoms with Gasteiger partial charge in [0.1, 0.15) is 22.3 Å². The number of anilines is 1. The number of esters is 1. The Labute approximate surface area is 218 Å². The lowest BCUT2D eigenvalue weighted by atomic mass is 9.88. The van der Waals surface area contributed by atoms with Crippen LogP contribution in [0, 0.1) is 5.92 Å². The smallest absolute Gasteiger partial charge is 0.341 e. The minimum Gasteiger partial charge on any atom is -0.497 e. The molecule has 2 aromatic heterocycles. The number of nitrogens with zero attached hydrogens (tertiary/aromatic N) is 2. The van der Waals surface area contributed by atoms with Crippen molar-refractivity contribution in [2.24, 2.45) is 5.92 Å². The largest absolute Gasteiger partial charge is 0.497 e. The van der Waals surface area contributed by atoms with E-state index in [1.807, 2.05) is 0 Å². The maximum atomic E-state index is 12.9. The molecule has 0 radical (unpaired) electrons. The van der Waals surface area contributed by atoms with E-state index in [9.17, 15) is 18.0 Å². The predicted molar refractivity (Wildman–Crippen MR) is 135 cm³/mol. The van der Waals surface area contributed by atoms with Crippen LogP contribution in [0.3, 0.4) is 0 Å². The molecule has 0 spiro atoms. The van der Waals surface area contributed by atoms with Crippen molar-refractivity contribution >= 4 is 38.1 Å². The molecule has 0 saturated heterocycles. The zero-order chi connectivity index (χ0) is 26.7. The lowest BCUT2D eigenvalue weighted by molar-refractivity contribution is -0.113. The highest BCUT2D eigenvalue weighted by molar-refractivity contribution is 7.91. The minimum atomic E-state index is -4.28. The highest BCUT2D eigenvalue weighted by atomic mass is 32.2. The highest BCUT2D eigenvalue weighted by Gasteiger charge is 2.31. The third-order valence-electron chi connectivity index (χ3n) is 5.84. The summed E-state index contributed by atoms with van der Waals surface area (Å²) in [7, 11) is -1.34. The quantitative estimate of drug-likeness (QED) is 0.393. The second-order valence-electron chi connectivity index (χ2n) is 8.56. The molecule has 2 heterocycles. The fourth-order valence-electron chi connectivity index (χ4n) is 4.04. The first-order valence-corrected chi connectivity index (χ1v) is 14.0. The van der Waals surface area contributed by atoms with E-state index in [2.05, 4.69) is 22.4 Å². The van der Waals surface area contributed by atoms with Crippen molar-refractivity contribution < 1.29 is 36.6 Å². The summed E-state index contributed by atoms with van der Waals surface area (Å²) in [6, 6.07) is 4.79. The van der Waals surface area contributed by atoms with E-state index in [0.717, 1.165) is 23.3 Å². The monoisotopic (exact) mass is 549 g/mol. The van der Waals surface area contributed by atoms with E-state index in [1.165, 1.54) is 25.6 Å². The predicted octanol–water partition coefficient (Wildman–Crippen LogP) is 3.53. The van der Waals surface area contributed by atoms with E-state index in [1.54, 1.807) is 25.1 Å². The SMILES string of the molecule is CCOC(=O)c1c(NC(=O)CS(=O)(=O)c2nnc(-c3cc(OC)cc(OC)c3)o2)sc2c1CCC(C)C2. The van der Waals surface area contributed by atoms with E-state index in [4.69, 9.17) is 18.6 Å². The summed E-state index contributed by atoms with van der Waals surface area (Å²) in [4.78, 5) is 26.5. The number of benzene rings is 1. The molecule has 37 heavy (non-hydrogen) atoms. The van der Waals surface area contributed by atoms with E-state index >= 15 is 0 Å². The van der Waals surface area contributed by atoms with Crippen LogP contribution in [0.1, 0.15) is 41.1 Å². The Kier molecular flexibility index (Phi) is 7.83. The Morgan fingerprint density at radius 2 is 1.86 bits per heavy atom. The Bertz CT molecular complexity index is 1410. The number of rotatable bonds is 9. The van der Waals surface area contributed by atoms with Gasteiger partial charge in [-0.05, 0) is 49.8 Å². The third kappa shape index (κ3) is 5.77. The lowest BCUT2D eigenvalue weighted by Gasteiger charge is -2.18.